The SMILES string of the molecule is COC(=O)NC(C(=O)N1CC(F)(F)C[C@H]1c1ncc(C2=CC=C3C(C=C4c5ccc(-c6cnc([C@@H]7CCCN7C(=O)[C@@H](NC(=O)OC)C(C)C)[nH]6)cc5OC(C)N43)C2)[nH]1)C(C)C. The van der Waals surface area contributed by atoms with Crippen LogP contribution in [0.4, 0.5) is 18.4 Å². The molecule has 16 nitrogen and oxygen atoms in total. The number of benzene rings is 1. The lowest BCUT2D eigenvalue weighted by Crippen LogP contribution is -2.51. The zero-order chi connectivity index (χ0) is 44.2. The van der Waals surface area contributed by atoms with Crippen LogP contribution in [-0.2, 0) is 19.1 Å². The van der Waals surface area contributed by atoms with Crippen molar-refractivity contribution in [1.82, 2.24) is 45.3 Å². The van der Waals surface area contributed by atoms with Gasteiger partial charge in [0.2, 0.25) is 11.8 Å². The summed E-state index contributed by atoms with van der Waals surface area (Å²) in [5.41, 5.74) is 6.30. The highest BCUT2D eigenvalue weighted by molar-refractivity contribution is 5.87. The van der Waals surface area contributed by atoms with Gasteiger partial charge >= 0.3 is 12.2 Å². The van der Waals surface area contributed by atoms with E-state index in [4.69, 9.17) is 14.5 Å². The van der Waals surface area contributed by atoms with E-state index in [0.717, 1.165) is 57.3 Å². The molecule has 4 amide bonds. The molecule has 18 heteroatoms. The number of nitrogens with zero attached hydrogens (tertiary/aromatic N) is 5. The van der Waals surface area contributed by atoms with E-state index in [9.17, 15) is 28.0 Å². The highest BCUT2D eigenvalue weighted by Gasteiger charge is 2.50. The maximum atomic E-state index is 14.9. The Morgan fingerprint density at radius 2 is 1.52 bits per heavy atom. The van der Waals surface area contributed by atoms with Crippen molar-refractivity contribution in [2.24, 2.45) is 17.8 Å². The molecule has 62 heavy (non-hydrogen) atoms. The van der Waals surface area contributed by atoms with Crippen LogP contribution >= 0.6 is 0 Å². The largest absolute Gasteiger partial charge is 0.470 e. The number of methoxy groups -OCH3 is 2. The monoisotopic (exact) mass is 857 g/mol. The Kier molecular flexibility index (Phi) is 11.4. The molecule has 2 saturated heterocycles. The highest BCUT2D eigenvalue weighted by atomic mass is 19.3. The second kappa shape index (κ2) is 16.6. The third kappa shape index (κ3) is 7.90. The number of aromatic nitrogens is 4. The summed E-state index contributed by atoms with van der Waals surface area (Å²) >= 11 is 0. The molecular formula is C44H53F2N9O7. The lowest BCUT2D eigenvalue weighted by Gasteiger charge is -2.38. The van der Waals surface area contributed by atoms with E-state index >= 15 is 0 Å². The first kappa shape index (κ1) is 42.5. The van der Waals surface area contributed by atoms with Crippen LogP contribution in [0.15, 0.2) is 54.5 Å². The summed E-state index contributed by atoms with van der Waals surface area (Å²) in [5, 5.41) is 5.19. The molecule has 330 valence electrons. The molecule has 1 aromatic carbocycles. The molecule has 2 aromatic heterocycles. The maximum Gasteiger partial charge on any atom is 0.407 e. The first-order valence-corrected chi connectivity index (χ1v) is 21.1. The van der Waals surface area contributed by atoms with Crippen LogP contribution in [0.5, 0.6) is 5.75 Å². The Labute approximate surface area is 358 Å². The molecule has 8 rings (SSSR count). The summed E-state index contributed by atoms with van der Waals surface area (Å²) in [4.78, 5) is 72.3. The van der Waals surface area contributed by atoms with Crippen molar-refractivity contribution in [2.45, 2.75) is 96.6 Å². The van der Waals surface area contributed by atoms with Gasteiger partial charge in [0.15, 0.2) is 6.23 Å². The number of H-pyrrole nitrogens is 2. The molecule has 3 unspecified atom stereocenters. The van der Waals surface area contributed by atoms with E-state index < -0.39 is 55.1 Å². The Morgan fingerprint density at radius 1 is 0.887 bits per heavy atom. The van der Waals surface area contributed by atoms with Gasteiger partial charge in [0, 0.05) is 35.7 Å². The van der Waals surface area contributed by atoms with Crippen molar-refractivity contribution >= 4 is 35.3 Å². The number of likely N-dealkylation sites (tertiary alicyclic amines) is 2. The molecule has 6 heterocycles. The van der Waals surface area contributed by atoms with Gasteiger partial charge in [0.25, 0.3) is 5.92 Å². The van der Waals surface area contributed by atoms with E-state index in [-0.39, 0.29) is 41.8 Å². The zero-order valence-corrected chi connectivity index (χ0v) is 35.8. The van der Waals surface area contributed by atoms with E-state index in [1.165, 1.54) is 14.2 Å². The van der Waals surface area contributed by atoms with Gasteiger partial charge in [-0.3, -0.25) is 9.59 Å². The number of carbonyl (C=O) groups is 4. The van der Waals surface area contributed by atoms with Crippen molar-refractivity contribution in [2.75, 3.05) is 27.3 Å². The highest BCUT2D eigenvalue weighted by Crippen LogP contribution is 2.50. The average Bonchev–Trinajstić information content (AvgIpc) is 4.09. The van der Waals surface area contributed by atoms with Gasteiger partial charge in [-0.05, 0) is 61.8 Å². The minimum atomic E-state index is -3.14. The molecule has 3 aromatic rings. The van der Waals surface area contributed by atoms with E-state index in [1.807, 2.05) is 45.0 Å². The number of halogens is 2. The quantitative estimate of drug-likeness (QED) is 0.175. The number of carbonyl (C=O) groups excluding carboxylic acids is 4. The smallest absolute Gasteiger partial charge is 0.407 e. The summed E-state index contributed by atoms with van der Waals surface area (Å²) in [6.45, 7) is 8.99. The van der Waals surface area contributed by atoms with Crippen molar-refractivity contribution < 1.29 is 42.2 Å². The van der Waals surface area contributed by atoms with Crippen molar-refractivity contribution in [3.8, 4) is 17.0 Å². The molecule has 4 aliphatic heterocycles. The molecule has 4 N–H and O–H groups in total. The molecular weight excluding hydrogens is 805 g/mol. The topological polar surface area (TPSA) is 187 Å². The third-order valence-corrected chi connectivity index (χ3v) is 12.4. The zero-order valence-electron chi connectivity index (χ0n) is 35.8. The maximum absolute atomic E-state index is 14.9. The summed E-state index contributed by atoms with van der Waals surface area (Å²) in [6.07, 6.45) is 9.46. The van der Waals surface area contributed by atoms with Gasteiger partial charge in [0.1, 0.15) is 29.5 Å². The number of alkyl carbamates (subject to hydrolysis) is 2. The van der Waals surface area contributed by atoms with Crippen LogP contribution < -0.4 is 15.4 Å². The number of hydrogen-bond donors (Lipinski definition) is 4. The van der Waals surface area contributed by atoms with Crippen LogP contribution in [0.1, 0.15) is 95.3 Å². The molecule has 0 spiro atoms. The Morgan fingerprint density at radius 3 is 2.18 bits per heavy atom. The lowest BCUT2D eigenvalue weighted by molar-refractivity contribution is -0.137. The van der Waals surface area contributed by atoms with Crippen LogP contribution in [0, 0.1) is 17.8 Å². The van der Waals surface area contributed by atoms with Gasteiger partial charge in [-0.15, -0.1) is 0 Å². The predicted octanol–water partition coefficient (Wildman–Crippen LogP) is 6.52. The van der Waals surface area contributed by atoms with Gasteiger partial charge in [0.05, 0.1) is 62.3 Å². The number of allylic oxidation sites excluding steroid dienone is 4. The fourth-order valence-corrected chi connectivity index (χ4v) is 9.28. The minimum Gasteiger partial charge on any atom is -0.470 e. The van der Waals surface area contributed by atoms with E-state index in [1.54, 1.807) is 31.1 Å². The van der Waals surface area contributed by atoms with E-state index in [2.05, 4.69) is 47.4 Å². The molecule has 0 bridgehead atoms. The lowest BCUT2D eigenvalue weighted by atomic mass is 9.91. The number of ether oxygens (including phenoxy) is 3. The van der Waals surface area contributed by atoms with Crippen LogP contribution in [0.2, 0.25) is 0 Å². The summed E-state index contributed by atoms with van der Waals surface area (Å²) in [6, 6.07) is 2.99. The Balaban J connectivity index is 0.979. The first-order valence-electron chi connectivity index (χ1n) is 21.1. The second-order valence-electron chi connectivity index (χ2n) is 17.3. The molecule has 5 aliphatic rings. The average molecular weight is 858 g/mol. The molecule has 0 saturated carbocycles. The molecule has 0 radical (unpaired) electrons. The summed E-state index contributed by atoms with van der Waals surface area (Å²) in [7, 11) is 2.45. The van der Waals surface area contributed by atoms with E-state index in [0.29, 0.717) is 24.5 Å². The van der Waals surface area contributed by atoms with Crippen LogP contribution in [0.25, 0.3) is 22.5 Å². The summed E-state index contributed by atoms with van der Waals surface area (Å²) in [5.74, 6) is -2.80. The van der Waals surface area contributed by atoms with Gasteiger partial charge in [-0.2, -0.15) is 0 Å². The van der Waals surface area contributed by atoms with Crippen LogP contribution in [-0.4, -0.2) is 110 Å². The Hall–Kier alpha value is -6.20. The first-order chi connectivity index (χ1) is 29.6. The normalized spacial score (nSPS) is 23.4. The van der Waals surface area contributed by atoms with Gasteiger partial charge in [-0.25, -0.2) is 28.3 Å². The number of aromatic amines is 2. The molecule has 6 atom stereocenters. The number of imidazole rings is 2. The number of fused-ring (bicyclic) bond motifs is 5. The minimum absolute atomic E-state index is 0.00357. The Bertz CT molecular complexity index is 2350. The predicted molar refractivity (Wildman–Crippen MR) is 223 cm³/mol. The van der Waals surface area contributed by atoms with Gasteiger partial charge < -0.3 is 49.5 Å². The van der Waals surface area contributed by atoms with Crippen molar-refractivity contribution in [3.63, 3.8) is 0 Å². The number of rotatable bonds is 10. The molecule has 1 aliphatic carbocycles. The molecule has 2 fully saturated rings. The van der Waals surface area contributed by atoms with Crippen LogP contribution in [0.3, 0.4) is 0 Å². The number of alkyl halides is 2. The fraction of sp³-hybridized carbons (Fsp3) is 0.500. The second-order valence-corrected chi connectivity index (χ2v) is 17.3. The third-order valence-electron chi connectivity index (χ3n) is 12.4. The number of hydrogen-bond acceptors (Lipinski definition) is 10. The number of amides is 4. The van der Waals surface area contributed by atoms with Gasteiger partial charge in [-0.1, -0.05) is 45.9 Å². The fourth-order valence-electron chi connectivity index (χ4n) is 9.28. The van der Waals surface area contributed by atoms with Crippen molar-refractivity contribution in [3.05, 3.63) is 77.4 Å². The number of nitrogens with one attached hydrogen (secondary N) is 4. The summed E-state index contributed by atoms with van der Waals surface area (Å²) < 4.78 is 45.9. The van der Waals surface area contributed by atoms with Crippen molar-refractivity contribution in [1.29, 1.82) is 0 Å². The standard InChI is InChI=1S/C44H53F2N9O7/c1-22(2)36(51-42(58)60-6)40(56)53-14-8-9-32(53)38-47-20-30(49-38)26-10-12-28-33-16-27-15-25(11-13-31(27)55(33)24(5)62-35(28)17-26)29-19-48-39(50-29)34-18-44(45,46)21-54(34)41(57)37(23(3)4)52-43(59)61-7/h10-13,16-17,19-20,22-24,27,32,34,36-37H,8-9,14-15,18,21H2,1-7H3,(H,47,49)(H,48,50)(H,51,58)(H,52,59)/t24?,27?,32-,34-,36-,37?/m0/s1.